The molecule has 0 saturated heterocycles. The summed E-state index contributed by atoms with van der Waals surface area (Å²) in [7, 11) is 0. The van der Waals surface area contributed by atoms with Crippen molar-refractivity contribution in [3.8, 4) is 39.3 Å². The number of rotatable bonds is 5. The van der Waals surface area contributed by atoms with Gasteiger partial charge in [-0.2, -0.15) is 0 Å². The molecule has 0 fully saturated rings. The number of hydrogen-bond acceptors (Lipinski definition) is 2. The van der Waals surface area contributed by atoms with E-state index in [1.54, 1.807) is 0 Å². The maximum absolute atomic E-state index is 5.15. The highest BCUT2D eigenvalue weighted by Gasteiger charge is 2.52. The van der Waals surface area contributed by atoms with E-state index < -0.39 is 0 Å². The Hall–Kier alpha value is -7.36. The second-order valence-corrected chi connectivity index (χ2v) is 17.3. The molecule has 5 aliphatic rings. The van der Waals surface area contributed by atoms with E-state index in [0.29, 0.717) is 0 Å². The first-order valence-corrected chi connectivity index (χ1v) is 22.3. The average molecular weight is 794 g/mol. The standard InChI is InChI=1S/C59H43N3/c1-4-16-39(17-5-1)54-37-55(40-18-6-2-7-19-40)61-58(60-54)41-30-28-38(29-31-41)42-32-33-56-48(34-42)49-35-53-47(36-57(49)62(56)43-20-8-3-9-21-43)46-24-12-15-27-52(46)59(53)50-25-13-10-22-44(50)45-23-11-14-26-51(45)59/h3-4,6,8-14,16-26,28-37H,1-2,5,7,15,27H2. The second-order valence-electron chi connectivity index (χ2n) is 17.3. The van der Waals surface area contributed by atoms with E-state index in [1.807, 2.05) is 0 Å². The van der Waals surface area contributed by atoms with Gasteiger partial charge in [-0.05, 0) is 148 Å². The molecule has 1 spiro atoms. The summed E-state index contributed by atoms with van der Waals surface area (Å²) in [5, 5.41) is 2.53. The van der Waals surface area contributed by atoms with Crippen molar-refractivity contribution >= 4 is 38.5 Å². The van der Waals surface area contributed by atoms with Crippen LogP contribution < -0.4 is 0 Å². The Morgan fingerprint density at radius 3 is 1.74 bits per heavy atom. The van der Waals surface area contributed by atoms with Crippen molar-refractivity contribution in [2.45, 2.75) is 43.9 Å². The zero-order valence-electron chi connectivity index (χ0n) is 34.5. The van der Waals surface area contributed by atoms with Gasteiger partial charge in [0, 0.05) is 22.0 Å². The Bertz CT molecular complexity index is 3290. The van der Waals surface area contributed by atoms with E-state index in [-0.39, 0.29) is 5.41 Å². The SMILES string of the molecule is C1=CC(c2cc(C3=CCCC=C3)nc(-c3ccc(-c4ccc5c(c4)c4cc6c(cc4n5-c4ccccc4)C4=C(CCC=C4)C64c5ccccc5-c5ccccc54)cc3)n2)=CCC1. The lowest BCUT2D eigenvalue weighted by Crippen LogP contribution is -2.27. The van der Waals surface area contributed by atoms with Crippen LogP contribution in [0.1, 0.15) is 72.2 Å². The maximum Gasteiger partial charge on any atom is 0.160 e. The monoisotopic (exact) mass is 793 g/mol. The van der Waals surface area contributed by atoms with Crippen LogP contribution in [0.25, 0.3) is 77.9 Å². The van der Waals surface area contributed by atoms with E-state index >= 15 is 0 Å². The lowest BCUT2D eigenvalue weighted by molar-refractivity contribution is 0.715. The second kappa shape index (κ2) is 13.8. The summed E-state index contributed by atoms with van der Waals surface area (Å²) < 4.78 is 2.47. The molecule has 0 N–H and O–H groups in total. The molecule has 2 aromatic heterocycles. The van der Waals surface area contributed by atoms with Crippen LogP contribution in [0.15, 0.2) is 194 Å². The minimum absolute atomic E-state index is 0.321. The first-order chi connectivity index (χ1) is 30.7. The third-order valence-electron chi connectivity index (χ3n) is 14.0. The fourth-order valence-electron chi connectivity index (χ4n) is 11.2. The van der Waals surface area contributed by atoms with Gasteiger partial charge in [0.2, 0.25) is 0 Å². The molecule has 294 valence electrons. The smallest absolute Gasteiger partial charge is 0.160 e. The number of benzene rings is 6. The minimum atomic E-state index is -0.321. The molecule has 0 radical (unpaired) electrons. The van der Waals surface area contributed by atoms with Gasteiger partial charge in [-0.3, -0.25) is 0 Å². The summed E-state index contributed by atoms with van der Waals surface area (Å²) in [5.74, 6) is 0.758. The lowest BCUT2D eigenvalue weighted by atomic mass is 9.68. The van der Waals surface area contributed by atoms with Gasteiger partial charge in [-0.25, -0.2) is 9.97 Å². The molecule has 3 heteroatoms. The van der Waals surface area contributed by atoms with Crippen molar-refractivity contribution < 1.29 is 0 Å². The molecule has 5 aliphatic carbocycles. The van der Waals surface area contributed by atoms with Crippen molar-refractivity contribution in [1.29, 1.82) is 0 Å². The van der Waals surface area contributed by atoms with Crippen LogP contribution in [0.4, 0.5) is 0 Å². The fourth-order valence-corrected chi connectivity index (χ4v) is 11.2. The fraction of sp³-hybridized carbons (Fsp3) is 0.119. The number of para-hydroxylation sites is 1. The van der Waals surface area contributed by atoms with Crippen LogP contribution in [-0.2, 0) is 5.41 Å². The Kier molecular flexibility index (Phi) is 7.90. The summed E-state index contributed by atoms with van der Waals surface area (Å²) in [6, 6.07) is 52.3. The molecular weight excluding hydrogens is 751 g/mol. The molecule has 6 aromatic carbocycles. The van der Waals surface area contributed by atoms with Gasteiger partial charge in [0.25, 0.3) is 0 Å². The summed E-state index contributed by atoms with van der Waals surface area (Å²) >= 11 is 0. The molecule has 0 aliphatic heterocycles. The van der Waals surface area contributed by atoms with Crippen LogP contribution >= 0.6 is 0 Å². The van der Waals surface area contributed by atoms with Crippen molar-refractivity contribution in [1.82, 2.24) is 14.5 Å². The molecule has 0 bridgehead atoms. The van der Waals surface area contributed by atoms with Gasteiger partial charge < -0.3 is 4.57 Å². The van der Waals surface area contributed by atoms with E-state index in [9.17, 15) is 0 Å². The number of allylic oxidation sites excluding steroid dienone is 12. The Labute approximate surface area is 362 Å². The summed E-state index contributed by atoms with van der Waals surface area (Å²) in [6.45, 7) is 0. The van der Waals surface area contributed by atoms with Crippen LogP contribution in [0.3, 0.4) is 0 Å². The van der Waals surface area contributed by atoms with Crippen LogP contribution in [0.5, 0.6) is 0 Å². The van der Waals surface area contributed by atoms with Crippen molar-refractivity contribution in [2.24, 2.45) is 0 Å². The normalized spacial score (nSPS) is 16.7. The third kappa shape index (κ3) is 5.18. The Morgan fingerprint density at radius 2 is 1.06 bits per heavy atom. The predicted molar refractivity (Wildman–Crippen MR) is 257 cm³/mol. The van der Waals surface area contributed by atoms with E-state index in [0.717, 1.165) is 61.3 Å². The molecule has 8 aromatic rings. The number of hydrogen-bond donors (Lipinski definition) is 0. The van der Waals surface area contributed by atoms with Gasteiger partial charge in [0.05, 0.1) is 27.8 Å². The molecule has 0 atom stereocenters. The number of fused-ring (bicyclic) bond motifs is 12. The van der Waals surface area contributed by atoms with Gasteiger partial charge in [-0.15, -0.1) is 0 Å². The van der Waals surface area contributed by atoms with E-state index in [2.05, 4.69) is 193 Å². The molecule has 3 nitrogen and oxygen atoms in total. The Morgan fingerprint density at radius 1 is 0.452 bits per heavy atom. The van der Waals surface area contributed by atoms with Crippen molar-refractivity contribution in [2.75, 3.05) is 0 Å². The molecule has 13 rings (SSSR count). The molecule has 0 saturated carbocycles. The van der Waals surface area contributed by atoms with E-state index in [4.69, 9.17) is 9.97 Å². The van der Waals surface area contributed by atoms with Gasteiger partial charge >= 0.3 is 0 Å². The van der Waals surface area contributed by atoms with Gasteiger partial charge in [-0.1, -0.05) is 146 Å². The van der Waals surface area contributed by atoms with Crippen LogP contribution in [0.2, 0.25) is 0 Å². The zero-order chi connectivity index (χ0) is 40.8. The van der Waals surface area contributed by atoms with E-state index in [1.165, 1.54) is 94.3 Å². The maximum atomic E-state index is 5.15. The minimum Gasteiger partial charge on any atom is -0.309 e. The largest absolute Gasteiger partial charge is 0.309 e. The molecule has 0 amide bonds. The topological polar surface area (TPSA) is 30.7 Å². The summed E-state index contributed by atoms with van der Waals surface area (Å²) in [5.41, 5.74) is 22.2. The van der Waals surface area contributed by atoms with Gasteiger partial charge in [0.1, 0.15) is 0 Å². The molecule has 0 unspecified atom stereocenters. The number of nitrogens with zero attached hydrogens (tertiary/aromatic N) is 3. The first kappa shape index (κ1) is 35.4. The highest BCUT2D eigenvalue weighted by atomic mass is 15.0. The highest BCUT2D eigenvalue weighted by molar-refractivity contribution is 6.13. The quantitative estimate of drug-likeness (QED) is 0.174. The van der Waals surface area contributed by atoms with Crippen LogP contribution in [-0.4, -0.2) is 14.5 Å². The van der Waals surface area contributed by atoms with Crippen molar-refractivity contribution in [3.05, 3.63) is 227 Å². The Balaban J connectivity index is 0.986. The van der Waals surface area contributed by atoms with Gasteiger partial charge in [0.15, 0.2) is 5.82 Å². The summed E-state index contributed by atoms with van der Waals surface area (Å²) in [6.07, 6.45) is 24.6. The van der Waals surface area contributed by atoms with Crippen LogP contribution in [0, 0.1) is 0 Å². The zero-order valence-corrected chi connectivity index (χ0v) is 34.5. The highest BCUT2D eigenvalue weighted by Crippen LogP contribution is 2.64. The molecule has 62 heavy (non-hydrogen) atoms. The molecular formula is C59H43N3. The first-order valence-electron chi connectivity index (χ1n) is 22.3. The lowest BCUT2D eigenvalue weighted by Gasteiger charge is -2.33. The molecule has 2 heterocycles. The predicted octanol–water partition coefficient (Wildman–Crippen LogP) is 14.8. The third-order valence-corrected chi connectivity index (χ3v) is 14.0. The average Bonchev–Trinajstić information content (AvgIpc) is 3.95. The summed E-state index contributed by atoms with van der Waals surface area (Å²) in [4.78, 5) is 10.3. The van der Waals surface area contributed by atoms with Crippen molar-refractivity contribution in [3.63, 3.8) is 0 Å². The number of aromatic nitrogens is 3.